The monoisotopic (exact) mass is 392 g/mol. The van der Waals surface area contributed by atoms with Crippen molar-refractivity contribution in [3.63, 3.8) is 0 Å². The SMILES string of the molecule is COc1ccc(-c2c(C)c3cc(OC(=O)C4CCCCC4)ccc3oc2=O)cc1. The van der Waals surface area contributed by atoms with Gasteiger partial charge in [-0.05, 0) is 61.2 Å². The minimum Gasteiger partial charge on any atom is -0.497 e. The maximum Gasteiger partial charge on any atom is 0.344 e. The number of ether oxygens (including phenoxy) is 2. The molecule has 0 aliphatic heterocycles. The van der Waals surface area contributed by atoms with E-state index in [4.69, 9.17) is 13.9 Å². The summed E-state index contributed by atoms with van der Waals surface area (Å²) in [6.07, 6.45) is 5.12. The van der Waals surface area contributed by atoms with E-state index in [2.05, 4.69) is 0 Å². The van der Waals surface area contributed by atoms with Crippen LogP contribution in [0.4, 0.5) is 0 Å². The third-order valence-electron chi connectivity index (χ3n) is 5.67. The summed E-state index contributed by atoms with van der Waals surface area (Å²) in [6, 6.07) is 12.4. The van der Waals surface area contributed by atoms with Gasteiger partial charge in [-0.3, -0.25) is 4.79 Å². The van der Waals surface area contributed by atoms with Gasteiger partial charge in [0.1, 0.15) is 17.1 Å². The van der Waals surface area contributed by atoms with Crippen LogP contribution in [0.25, 0.3) is 22.1 Å². The predicted molar refractivity (Wildman–Crippen MR) is 111 cm³/mol. The summed E-state index contributed by atoms with van der Waals surface area (Å²) < 4.78 is 16.4. The third kappa shape index (κ3) is 3.90. The van der Waals surface area contributed by atoms with E-state index in [-0.39, 0.29) is 11.9 Å². The smallest absolute Gasteiger partial charge is 0.344 e. The van der Waals surface area contributed by atoms with E-state index < -0.39 is 5.63 Å². The average Bonchev–Trinajstić information content (AvgIpc) is 2.75. The van der Waals surface area contributed by atoms with Crippen LogP contribution in [-0.4, -0.2) is 13.1 Å². The number of methoxy groups -OCH3 is 1. The van der Waals surface area contributed by atoms with Crippen molar-refractivity contribution in [3.05, 3.63) is 58.4 Å². The lowest BCUT2D eigenvalue weighted by atomic mass is 9.89. The molecule has 5 heteroatoms. The van der Waals surface area contributed by atoms with Gasteiger partial charge in [-0.25, -0.2) is 4.79 Å². The molecular formula is C24H24O5. The van der Waals surface area contributed by atoms with Gasteiger partial charge in [-0.15, -0.1) is 0 Å². The van der Waals surface area contributed by atoms with Crippen molar-refractivity contribution in [1.29, 1.82) is 0 Å². The van der Waals surface area contributed by atoms with Crippen molar-refractivity contribution in [2.45, 2.75) is 39.0 Å². The number of aryl methyl sites for hydroxylation is 1. The lowest BCUT2D eigenvalue weighted by molar-refractivity contribution is -0.139. The summed E-state index contributed by atoms with van der Waals surface area (Å²) >= 11 is 0. The molecule has 2 aromatic carbocycles. The summed E-state index contributed by atoms with van der Waals surface area (Å²) in [5.41, 5.74) is 2.12. The maximum absolute atomic E-state index is 12.6. The number of carbonyl (C=O) groups is 1. The first-order valence-electron chi connectivity index (χ1n) is 10.0. The molecule has 3 aromatic rings. The minimum atomic E-state index is -0.396. The maximum atomic E-state index is 12.6. The second-order valence-corrected chi connectivity index (χ2v) is 7.53. The highest BCUT2D eigenvalue weighted by Crippen LogP contribution is 2.31. The lowest BCUT2D eigenvalue weighted by Gasteiger charge is -2.19. The molecule has 0 unspecified atom stereocenters. The van der Waals surface area contributed by atoms with E-state index in [1.54, 1.807) is 37.4 Å². The fourth-order valence-electron chi connectivity index (χ4n) is 4.02. The van der Waals surface area contributed by atoms with Gasteiger partial charge in [0.2, 0.25) is 0 Å². The highest BCUT2D eigenvalue weighted by molar-refractivity contribution is 5.88. The van der Waals surface area contributed by atoms with Crippen molar-refractivity contribution in [2.24, 2.45) is 5.92 Å². The highest BCUT2D eigenvalue weighted by Gasteiger charge is 2.23. The molecule has 0 bridgehead atoms. The zero-order chi connectivity index (χ0) is 20.4. The fraction of sp³-hybridized carbons (Fsp3) is 0.333. The molecule has 1 aliphatic rings. The molecular weight excluding hydrogens is 368 g/mol. The largest absolute Gasteiger partial charge is 0.497 e. The number of fused-ring (bicyclic) bond motifs is 1. The van der Waals surface area contributed by atoms with Gasteiger partial charge in [0, 0.05) is 5.39 Å². The molecule has 1 fully saturated rings. The van der Waals surface area contributed by atoms with E-state index in [1.165, 1.54) is 6.42 Å². The molecule has 0 saturated heterocycles. The van der Waals surface area contributed by atoms with Crippen LogP contribution in [0.1, 0.15) is 37.7 Å². The van der Waals surface area contributed by atoms with Gasteiger partial charge in [0.15, 0.2) is 0 Å². The number of rotatable bonds is 4. The first kappa shape index (κ1) is 19.2. The second-order valence-electron chi connectivity index (χ2n) is 7.53. The van der Waals surface area contributed by atoms with Gasteiger partial charge in [0.05, 0.1) is 18.6 Å². The Hall–Kier alpha value is -3.08. The van der Waals surface area contributed by atoms with Crippen LogP contribution in [-0.2, 0) is 4.79 Å². The van der Waals surface area contributed by atoms with Crippen LogP contribution in [0.5, 0.6) is 11.5 Å². The molecule has 1 saturated carbocycles. The van der Waals surface area contributed by atoms with E-state index in [9.17, 15) is 9.59 Å². The minimum absolute atomic E-state index is 0.0240. The number of carbonyl (C=O) groups excluding carboxylic acids is 1. The Kier molecular flexibility index (Phi) is 5.38. The topological polar surface area (TPSA) is 65.7 Å². The van der Waals surface area contributed by atoms with Crippen LogP contribution in [0.3, 0.4) is 0 Å². The summed E-state index contributed by atoms with van der Waals surface area (Å²) in [7, 11) is 1.60. The molecule has 0 N–H and O–H groups in total. The first-order valence-corrected chi connectivity index (χ1v) is 10.0. The van der Waals surface area contributed by atoms with Crippen molar-refractivity contribution >= 4 is 16.9 Å². The Bertz CT molecular complexity index is 1090. The van der Waals surface area contributed by atoms with Gasteiger partial charge in [0.25, 0.3) is 0 Å². The zero-order valence-corrected chi connectivity index (χ0v) is 16.7. The van der Waals surface area contributed by atoms with Crippen molar-refractivity contribution < 1.29 is 18.7 Å². The van der Waals surface area contributed by atoms with Crippen LogP contribution < -0.4 is 15.1 Å². The van der Waals surface area contributed by atoms with E-state index in [0.717, 1.165) is 42.2 Å². The average molecular weight is 392 g/mol. The second kappa shape index (κ2) is 8.11. The van der Waals surface area contributed by atoms with Crippen molar-refractivity contribution in [2.75, 3.05) is 7.11 Å². The normalized spacial score (nSPS) is 14.7. The van der Waals surface area contributed by atoms with E-state index in [0.29, 0.717) is 22.6 Å². The molecule has 150 valence electrons. The third-order valence-corrected chi connectivity index (χ3v) is 5.67. The lowest BCUT2D eigenvalue weighted by Crippen LogP contribution is -2.22. The Labute approximate surface area is 169 Å². The number of benzene rings is 2. The van der Waals surface area contributed by atoms with E-state index in [1.807, 2.05) is 19.1 Å². The zero-order valence-electron chi connectivity index (χ0n) is 16.7. The first-order chi connectivity index (χ1) is 14.1. The van der Waals surface area contributed by atoms with E-state index >= 15 is 0 Å². The fourth-order valence-corrected chi connectivity index (χ4v) is 4.02. The van der Waals surface area contributed by atoms with Crippen LogP contribution in [0.2, 0.25) is 0 Å². The molecule has 1 heterocycles. The number of esters is 1. The quantitative estimate of drug-likeness (QED) is 0.344. The molecule has 0 spiro atoms. The molecule has 0 amide bonds. The van der Waals surface area contributed by atoms with Crippen LogP contribution >= 0.6 is 0 Å². The predicted octanol–water partition coefficient (Wildman–Crippen LogP) is 5.26. The van der Waals surface area contributed by atoms with Crippen molar-refractivity contribution in [1.82, 2.24) is 0 Å². The van der Waals surface area contributed by atoms with Crippen LogP contribution in [0.15, 0.2) is 51.7 Å². The number of hydrogen-bond donors (Lipinski definition) is 0. The summed E-state index contributed by atoms with van der Waals surface area (Å²) in [4.78, 5) is 25.1. The molecule has 4 rings (SSSR count). The van der Waals surface area contributed by atoms with Gasteiger partial charge in [-0.2, -0.15) is 0 Å². The van der Waals surface area contributed by atoms with Gasteiger partial charge < -0.3 is 13.9 Å². The molecule has 5 nitrogen and oxygen atoms in total. The van der Waals surface area contributed by atoms with Crippen LogP contribution in [0, 0.1) is 12.8 Å². The van der Waals surface area contributed by atoms with Gasteiger partial charge in [-0.1, -0.05) is 31.4 Å². The van der Waals surface area contributed by atoms with Gasteiger partial charge >= 0.3 is 11.6 Å². The summed E-state index contributed by atoms with van der Waals surface area (Å²) in [5, 5.41) is 0.754. The molecule has 29 heavy (non-hydrogen) atoms. The Morgan fingerprint density at radius 1 is 1.00 bits per heavy atom. The summed E-state index contributed by atoms with van der Waals surface area (Å²) in [5.74, 6) is 0.998. The molecule has 1 aliphatic carbocycles. The summed E-state index contributed by atoms with van der Waals surface area (Å²) in [6.45, 7) is 1.88. The Balaban J connectivity index is 1.69. The molecule has 0 radical (unpaired) electrons. The highest BCUT2D eigenvalue weighted by atomic mass is 16.5. The standard InChI is InChI=1S/C24H24O5/c1-15-20-14-19(28-23(25)17-6-4-3-5-7-17)12-13-21(20)29-24(26)22(15)16-8-10-18(27-2)11-9-16/h8-14,17H,3-7H2,1-2H3. The Morgan fingerprint density at radius 3 is 2.38 bits per heavy atom. The molecule has 1 aromatic heterocycles. The Morgan fingerprint density at radius 2 is 1.69 bits per heavy atom. The number of hydrogen-bond acceptors (Lipinski definition) is 5. The molecule has 0 atom stereocenters. The van der Waals surface area contributed by atoms with Crippen molar-refractivity contribution in [3.8, 4) is 22.6 Å².